The Balaban J connectivity index is 1.05. The van der Waals surface area contributed by atoms with Crippen LogP contribution in [0.1, 0.15) is 0 Å². The Morgan fingerprint density at radius 1 is 0.202 bits per heavy atom. The number of benzene rings is 16. The summed E-state index contributed by atoms with van der Waals surface area (Å²) in [7, 11) is 3.65. The van der Waals surface area contributed by atoms with E-state index >= 15 is 0 Å². The van der Waals surface area contributed by atoms with E-state index in [9.17, 15) is 0 Å². The van der Waals surface area contributed by atoms with Crippen LogP contribution in [0.25, 0.3) is 166 Å². The van der Waals surface area contributed by atoms with Gasteiger partial charge in [0.2, 0.25) is 13.4 Å². The average molecular weight is 1190 g/mol. The number of methoxy groups -OCH3 is 2. The Morgan fingerprint density at radius 3 is 0.809 bits per heavy atom. The van der Waals surface area contributed by atoms with E-state index < -0.39 is 0 Å². The normalized spacial score (nSPS) is 12.5. The first-order valence-corrected chi connectivity index (χ1v) is 32.8. The van der Waals surface area contributed by atoms with Crippen LogP contribution in [0.3, 0.4) is 0 Å². The van der Waals surface area contributed by atoms with Crippen LogP contribution < -0.4 is 42.3 Å². The molecule has 0 saturated heterocycles. The van der Waals surface area contributed by atoms with E-state index in [-0.39, 0.29) is 13.4 Å². The molecule has 0 saturated carbocycles. The van der Waals surface area contributed by atoms with Crippen molar-refractivity contribution in [2.24, 2.45) is 0 Å². The van der Waals surface area contributed by atoms with E-state index in [1.54, 1.807) is 0 Å². The molecule has 4 aliphatic heterocycles. The fourth-order valence-electron chi connectivity index (χ4n) is 17.4. The Kier molecular flexibility index (Phi) is 11.5. The topological polar surface area (TPSA) is 18.5 Å². The number of hydrogen-bond acceptors (Lipinski definition) is 2. The Bertz CT molecular complexity index is 5360. The molecule has 4 heteroatoms. The summed E-state index contributed by atoms with van der Waals surface area (Å²) in [5, 5.41) is 7.65. The number of fused-ring (bicyclic) bond motifs is 10. The van der Waals surface area contributed by atoms with Crippen LogP contribution in [-0.2, 0) is 0 Å². The van der Waals surface area contributed by atoms with E-state index in [4.69, 9.17) is 9.47 Å². The first-order chi connectivity index (χ1) is 46.6. The van der Waals surface area contributed by atoms with Gasteiger partial charge in [0.25, 0.3) is 0 Å². The quantitative estimate of drug-likeness (QED) is 0.100. The molecule has 0 bridgehead atoms. The lowest BCUT2D eigenvalue weighted by molar-refractivity contribution is 0.415. The smallest absolute Gasteiger partial charge is 0.244 e. The van der Waals surface area contributed by atoms with Crippen molar-refractivity contribution in [3.8, 4) is 145 Å². The van der Waals surface area contributed by atoms with Crippen molar-refractivity contribution >= 4 is 78.5 Å². The van der Waals surface area contributed by atoms with E-state index in [0.29, 0.717) is 0 Å². The van der Waals surface area contributed by atoms with Crippen LogP contribution in [0.5, 0.6) is 11.5 Å². The summed E-state index contributed by atoms with van der Waals surface area (Å²) in [6.45, 7) is -0.113. The van der Waals surface area contributed by atoms with Crippen LogP contribution in [-0.4, -0.2) is 27.6 Å². The predicted octanol–water partition coefficient (Wildman–Crippen LogP) is 18.9. The summed E-state index contributed by atoms with van der Waals surface area (Å²) in [5.74, 6) is 1.70. The number of ether oxygens (including phenoxy) is 2. The average Bonchev–Trinajstić information content (AvgIpc) is 1.15. The van der Waals surface area contributed by atoms with Crippen LogP contribution in [0.4, 0.5) is 0 Å². The van der Waals surface area contributed by atoms with Crippen molar-refractivity contribution in [2.75, 3.05) is 14.2 Å². The minimum absolute atomic E-state index is 0.0567. The second-order valence-electron chi connectivity index (χ2n) is 25.9. The molecule has 16 aromatic carbocycles. The van der Waals surface area contributed by atoms with Crippen LogP contribution >= 0.6 is 0 Å². The van der Waals surface area contributed by atoms with E-state index in [2.05, 4.69) is 303 Å². The summed E-state index contributed by atoms with van der Waals surface area (Å²) < 4.78 is 12.9. The van der Waals surface area contributed by atoms with Crippen LogP contribution in [0.15, 0.2) is 303 Å². The molecule has 0 unspecified atom stereocenters. The molecular formula is C90H56B2O2. The van der Waals surface area contributed by atoms with Crippen LogP contribution in [0, 0.1) is 0 Å². The second kappa shape index (κ2) is 20.4. The Morgan fingerprint density at radius 2 is 0.489 bits per heavy atom. The van der Waals surface area contributed by atoms with Crippen molar-refractivity contribution < 1.29 is 9.47 Å². The molecule has 0 spiro atoms. The van der Waals surface area contributed by atoms with Gasteiger partial charge >= 0.3 is 0 Å². The van der Waals surface area contributed by atoms with Gasteiger partial charge in [-0.3, -0.25) is 0 Å². The first kappa shape index (κ1) is 53.0. The Labute approximate surface area is 547 Å². The fraction of sp³-hybridized carbons (Fsp3) is 0.0222. The fourth-order valence-corrected chi connectivity index (χ4v) is 17.4. The van der Waals surface area contributed by atoms with E-state index in [0.717, 1.165) is 33.8 Å². The molecule has 16 aromatic rings. The molecule has 94 heavy (non-hydrogen) atoms. The SMILES string of the molecule is COc1cc2c3c(c1)-c1cc(-c4c(-c5ccccc5)cc(-c5ccccc5)cc4-c4ccccc4)c4cc5c6c(cc(-c7c(-c8ccccc8)cc(-c8ccccc8)cc7-c7ccccc7)c7cc(c1c4c76)B3c1ccccc1-2)-c1cc(OC)cc2c1B5c1ccccc1-2. The standard InChI is InChI=1S/C90H56B2O2/c1-93-61-45-75-63-37-21-23-39-79(63)91-81-51-74-70(84-67(57-33-17-7-18-34-57)43-60(54-27-11-4-12-28-54)44-68(84)58-35-19-8-20-36-58)50-72-78-48-62(94-2)46-76-64-38-22-24-40-80(64)92(90(76)78)82-52-73-69(49-71(77(47-61)89(75)91)85(81)87(73)88(74)86(72)82)83-65(55-29-13-5-14-30-55)41-59(53-25-9-3-10-26-53)42-66(83)56-31-15-6-16-32-56/h3-52H,1-2H3. The van der Waals surface area contributed by atoms with Gasteiger partial charge in [-0.15, -0.1) is 0 Å². The molecule has 0 amide bonds. The summed E-state index contributed by atoms with van der Waals surface area (Å²) in [4.78, 5) is 0. The van der Waals surface area contributed by atoms with Gasteiger partial charge < -0.3 is 9.47 Å². The minimum Gasteiger partial charge on any atom is -0.497 e. The zero-order valence-corrected chi connectivity index (χ0v) is 51.8. The van der Waals surface area contributed by atoms with Gasteiger partial charge in [0.1, 0.15) is 11.5 Å². The molecule has 0 radical (unpaired) electrons. The van der Waals surface area contributed by atoms with Gasteiger partial charge in [-0.1, -0.05) is 275 Å². The lowest BCUT2D eigenvalue weighted by atomic mass is 9.34. The van der Waals surface area contributed by atoms with Gasteiger partial charge in [-0.05, 0) is 227 Å². The van der Waals surface area contributed by atoms with Crippen molar-refractivity contribution in [1.82, 2.24) is 0 Å². The van der Waals surface area contributed by atoms with Crippen LogP contribution in [0.2, 0.25) is 0 Å². The highest BCUT2D eigenvalue weighted by molar-refractivity contribution is 7.03. The maximum absolute atomic E-state index is 6.43. The van der Waals surface area contributed by atoms with E-state index in [1.165, 1.54) is 176 Å². The predicted molar refractivity (Wildman–Crippen MR) is 398 cm³/mol. The summed E-state index contributed by atoms with van der Waals surface area (Å²) >= 11 is 0. The zero-order chi connectivity index (χ0) is 61.9. The van der Waals surface area contributed by atoms with Crippen molar-refractivity contribution in [3.05, 3.63) is 303 Å². The van der Waals surface area contributed by atoms with Crippen molar-refractivity contribution in [2.45, 2.75) is 0 Å². The molecule has 0 aromatic heterocycles. The number of rotatable bonds is 10. The number of hydrogen-bond donors (Lipinski definition) is 0. The molecule has 0 fully saturated rings. The molecule has 0 atom stereocenters. The maximum atomic E-state index is 6.43. The van der Waals surface area contributed by atoms with Gasteiger partial charge in [0.15, 0.2) is 0 Å². The van der Waals surface area contributed by atoms with Crippen molar-refractivity contribution in [3.63, 3.8) is 0 Å². The third-order valence-electron chi connectivity index (χ3n) is 21.2. The zero-order valence-electron chi connectivity index (χ0n) is 51.8. The van der Waals surface area contributed by atoms with Gasteiger partial charge in [0.05, 0.1) is 14.2 Å². The summed E-state index contributed by atoms with van der Waals surface area (Å²) in [5.41, 5.74) is 36.7. The third-order valence-corrected chi connectivity index (χ3v) is 21.2. The first-order valence-electron chi connectivity index (χ1n) is 32.8. The highest BCUT2D eigenvalue weighted by atomic mass is 16.5. The largest absolute Gasteiger partial charge is 0.497 e. The highest BCUT2D eigenvalue weighted by Gasteiger charge is 2.46. The van der Waals surface area contributed by atoms with E-state index in [1.807, 2.05) is 14.2 Å². The van der Waals surface area contributed by atoms with Gasteiger partial charge in [0, 0.05) is 0 Å². The molecule has 20 rings (SSSR count). The molecule has 434 valence electrons. The molecule has 4 aliphatic rings. The Hall–Kier alpha value is -11.7. The molecule has 0 aliphatic carbocycles. The molecule has 4 heterocycles. The molecule has 0 N–H and O–H groups in total. The highest BCUT2D eigenvalue weighted by Crippen LogP contribution is 2.56. The third kappa shape index (κ3) is 7.57. The van der Waals surface area contributed by atoms with Gasteiger partial charge in [-0.2, -0.15) is 0 Å². The lowest BCUT2D eigenvalue weighted by Crippen LogP contribution is -2.52. The summed E-state index contributed by atoms with van der Waals surface area (Å²) in [6.07, 6.45) is 0. The second-order valence-corrected chi connectivity index (χ2v) is 25.9. The van der Waals surface area contributed by atoms with Gasteiger partial charge in [-0.25, -0.2) is 0 Å². The molecular weight excluding hydrogens is 1130 g/mol. The van der Waals surface area contributed by atoms with Crippen molar-refractivity contribution in [1.29, 1.82) is 0 Å². The molecule has 2 nitrogen and oxygen atoms in total. The monoisotopic (exact) mass is 1190 g/mol. The maximum Gasteiger partial charge on any atom is 0.244 e. The summed E-state index contributed by atoms with van der Waals surface area (Å²) in [6, 6.07) is 115. The minimum atomic E-state index is -0.0567. The lowest BCUT2D eigenvalue weighted by Gasteiger charge is -2.34.